The fourth-order valence-electron chi connectivity index (χ4n) is 2.45. The quantitative estimate of drug-likeness (QED) is 0.790. The molecule has 5 nitrogen and oxygen atoms in total. The van der Waals surface area contributed by atoms with Crippen molar-refractivity contribution >= 4 is 0 Å². The monoisotopic (exact) mass is 354 g/mol. The summed E-state index contributed by atoms with van der Waals surface area (Å²) in [5.74, 6) is -1.13. The van der Waals surface area contributed by atoms with Gasteiger partial charge in [-0.3, -0.25) is 4.98 Å². The first-order valence-corrected chi connectivity index (χ1v) is 8.08. The van der Waals surface area contributed by atoms with Gasteiger partial charge < -0.3 is 10.0 Å². The summed E-state index contributed by atoms with van der Waals surface area (Å²) in [5.41, 5.74) is 1.37. The van der Waals surface area contributed by atoms with Crippen molar-refractivity contribution in [2.45, 2.75) is 32.0 Å². The summed E-state index contributed by atoms with van der Waals surface area (Å²) in [6.45, 7) is 3.84. The summed E-state index contributed by atoms with van der Waals surface area (Å²) in [7, 11) is 0. The summed E-state index contributed by atoms with van der Waals surface area (Å²) < 4.78 is 37.4. The van der Waals surface area contributed by atoms with Gasteiger partial charge in [-0.25, -0.2) is 9.97 Å². The van der Waals surface area contributed by atoms with E-state index < -0.39 is 18.1 Å². The van der Waals surface area contributed by atoms with Gasteiger partial charge in [0.05, 0.1) is 6.10 Å². The maximum Gasteiger partial charge on any atom is 0.451 e. The third-order valence-corrected chi connectivity index (χ3v) is 3.72. The number of alkyl halides is 3. The van der Waals surface area contributed by atoms with Crippen LogP contribution >= 0.6 is 0 Å². The van der Waals surface area contributed by atoms with Gasteiger partial charge >= 0.3 is 6.18 Å². The van der Waals surface area contributed by atoms with Crippen molar-refractivity contribution in [3.8, 4) is 0 Å². The molecule has 2 heterocycles. The second-order valence-electron chi connectivity index (χ2n) is 5.77. The predicted octanol–water partition coefficient (Wildman–Crippen LogP) is 2.88. The Hall–Kier alpha value is -2.06. The average Bonchev–Trinajstić information content (AvgIpc) is 2.60. The van der Waals surface area contributed by atoms with E-state index in [-0.39, 0.29) is 0 Å². The first-order chi connectivity index (χ1) is 11.9. The number of hydrogen-bond donors (Lipinski definition) is 1. The van der Waals surface area contributed by atoms with E-state index in [1.165, 1.54) is 12.4 Å². The fraction of sp³-hybridized carbons (Fsp3) is 0.471. The van der Waals surface area contributed by atoms with E-state index in [1.54, 1.807) is 18.5 Å². The van der Waals surface area contributed by atoms with Gasteiger partial charge in [-0.1, -0.05) is 13.0 Å². The van der Waals surface area contributed by atoms with E-state index in [4.69, 9.17) is 0 Å². The Morgan fingerprint density at radius 3 is 2.44 bits per heavy atom. The van der Waals surface area contributed by atoms with Gasteiger partial charge in [-0.15, -0.1) is 0 Å². The summed E-state index contributed by atoms with van der Waals surface area (Å²) in [6, 6.07) is 3.58. The minimum Gasteiger partial charge on any atom is -0.387 e. The molecule has 8 heteroatoms. The van der Waals surface area contributed by atoms with Gasteiger partial charge in [0.2, 0.25) is 5.82 Å². The molecular formula is C17H21F3N4O. The lowest BCUT2D eigenvalue weighted by Gasteiger charge is -2.24. The second-order valence-corrected chi connectivity index (χ2v) is 5.77. The molecule has 0 saturated heterocycles. The van der Waals surface area contributed by atoms with E-state index in [1.807, 2.05) is 13.0 Å². The smallest absolute Gasteiger partial charge is 0.387 e. The molecule has 0 saturated carbocycles. The van der Waals surface area contributed by atoms with Crippen LogP contribution in [0.5, 0.6) is 0 Å². The molecule has 0 fully saturated rings. The van der Waals surface area contributed by atoms with Gasteiger partial charge in [0, 0.05) is 43.4 Å². The molecule has 0 aliphatic carbocycles. The van der Waals surface area contributed by atoms with Crippen LogP contribution in [0.15, 0.2) is 36.9 Å². The molecule has 0 spiro atoms. The zero-order chi connectivity index (χ0) is 18.3. The van der Waals surface area contributed by atoms with Crippen LogP contribution in [0.3, 0.4) is 0 Å². The number of halogens is 3. The zero-order valence-electron chi connectivity index (χ0n) is 13.9. The first-order valence-electron chi connectivity index (χ1n) is 8.08. The van der Waals surface area contributed by atoms with Crippen molar-refractivity contribution in [1.82, 2.24) is 19.9 Å². The zero-order valence-corrected chi connectivity index (χ0v) is 13.9. The highest BCUT2D eigenvalue weighted by Crippen LogP contribution is 2.25. The van der Waals surface area contributed by atoms with Crippen LogP contribution in [0.4, 0.5) is 13.2 Å². The van der Waals surface area contributed by atoms with Crippen molar-refractivity contribution in [3.05, 3.63) is 53.9 Å². The molecular weight excluding hydrogens is 333 g/mol. The molecule has 2 rings (SSSR count). The molecule has 0 aromatic carbocycles. The number of aromatic nitrogens is 3. The minimum atomic E-state index is -4.53. The molecule has 2 aromatic rings. The fourth-order valence-corrected chi connectivity index (χ4v) is 2.45. The summed E-state index contributed by atoms with van der Waals surface area (Å²) >= 11 is 0. The number of pyridine rings is 1. The average molecular weight is 354 g/mol. The van der Waals surface area contributed by atoms with E-state index in [0.29, 0.717) is 25.1 Å². The third-order valence-electron chi connectivity index (χ3n) is 3.72. The summed E-state index contributed by atoms with van der Waals surface area (Å²) in [4.78, 5) is 12.8. The van der Waals surface area contributed by atoms with E-state index in [0.717, 1.165) is 18.5 Å². The number of nitrogens with zero attached hydrogens (tertiary/aromatic N) is 4. The summed E-state index contributed by atoms with van der Waals surface area (Å²) in [5, 5.41) is 10.3. The van der Waals surface area contributed by atoms with Gasteiger partial charge in [0.1, 0.15) is 0 Å². The predicted molar refractivity (Wildman–Crippen MR) is 86.7 cm³/mol. The number of aliphatic hydroxyl groups excluding tert-OH is 1. The first kappa shape index (κ1) is 19.3. The van der Waals surface area contributed by atoms with Crippen molar-refractivity contribution in [1.29, 1.82) is 0 Å². The van der Waals surface area contributed by atoms with Crippen LogP contribution in [0, 0.1) is 0 Å². The molecule has 0 aliphatic heterocycles. The second kappa shape index (κ2) is 8.87. The molecule has 1 atom stereocenters. The maximum absolute atomic E-state index is 12.5. The van der Waals surface area contributed by atoms with Gasteiger partial charge in [0.25, 0.3) is 0 Å². The molecule has 136 valence electrons. The highest BCUT2D eigenvalue weighted by molar-refractivity contribution is 5.12. The van der Waals surface area contributed by atoms with E-state index >= 15 is 0 Å². The molecule has 0 amide bonds. The van der Waals surface area contributed by atoms with E-state index in [2.05, 4.69) is 19.9 Å². The van der Waals surface area contributed by atoms with Crippen LogP contribution in [0.2, 0.25) is 0 Å². The van der Waals surface area contributed by atoms with Crippen molar-refractivity contribution in [2.24, 2.45) is 0 Å². The summed E-state index contributed by atoms with van der Waals surface area (Å²) in [6.07, 6.45) is 1.91. The molecule has 2 aromatic heterocycles. The Balaban J connectivity index is 1.93. The van der Waals surface area contributed by atoms with Crippen LogP contribution in [-0.4, -0.2) is 44.6 Å². The van der Waals surface area contributed by atoms with Crippen LogP contribution < -0.4 is 0 Å². The number of hydrogen-bond acceptors (Lipinski definition) is 5. The van der Waals surface area contributed by atoms with Crippen molar-refractivity contribution < 1.29 is 18.3 Å². The molecule has 0 radical (unpaired) electrons. The highest BCUT2D eigenvalue weighted by Gasteiger charge is 2.34. The Labute approximate surface area is 144 Å². The standard InChI is InChI=1S/C17H21F3N4O/c1-2-7-24(12-15(25)14-4-3-6-21-11-14)8-5-13-9-22-16(23-10-13)17(18,19)20/h3-4,6,9-11,15,25H,2,5,7-8,12H2,1H3/t15-/m1/s1. The topological polar surface area (TPSA) is 62.1 Å². The number of rotatable bonds is 8. The van der Waals surface area contributed by atoms with Crippen LogP contribution in [0.25, 0.3) is 0 Å². The molecule has 0 unspecified atom stereocenters. The van der Waals surface area contributed by atoms with Gasteiger partial charge in [0.15, 0.2) is 0 Å². The van der Waals surface area contributed by atoms with Gasteiger partial charge in [-0.2, -0.15) is 13.2 Å². The lowest BCUT2D eigenvalue weighted by molar-refractivity contribution is -0.145. The Kier molecular flexibility index (Phi) is 6.83. The van der Waals surface area contributed by atoms with E-state index in [9.17, 15) is 18.3 Å². The Morgan fingerprint density at radius 1 is 1.16 bits per heavy atom. The molecule has 25 heavy (non-hydrogen) atoms. The largest absolute Gasteiger partial charge is 0.451 e. The van der Waals surface area contributed by atoms with Crippen LogP contribution in [-0.2, 0) is 12.6 Å². The lowest BCUT2D eigenvalue weighted by atomic mass is 10.1. The Bertz CT molecular complexity index is 635. The minimum absolute atomic E-state index is 0.432. The van der Waals surface area contributed by atoms with Crippen molar-refractivity contribution in [2.75, 3.05) is 19.6 Å². The van der Waals surface area contributed by atoms with Crippen LogP contribution in [0.1, 0.15) is 36.4 Å². The Morgan fingerprint density at radius 2 is 1.88 bits per heavy atom. The van der Waals surface area contributed by atoms with Gasteiger partial charge in [-0.05, 0) is 31.0 Å². The maximum atomic E-state index is 12.5. The lowest BCUT2D eigenvalue weighted by Crippen LogP contribution is -2.31. The SMILES string of the molecule is CCCN(CCc1cnc(C(F)(F)F)nc1)C[C@@H](O)c1cccnc1. The normalized spacial score (nSPS) is 13.2. The van der Waals surface area contributed by atoms with Crippen molar-refractivity contribution in [3.63, 3.8) is 0 Å². The molecule has 1 N–H and O–H groups in total. The third kappa shape index (κ3) is 6.06. The molecule has 0 bridgehead atoms. The highest BCUT2D eigenvalue weighted by atomic mass is 19.4. The number of aliphatic hydroxyl groups is 1. The molecule has 0 aliphatic rings.